The lowest BCUT2D eigenvalue weighted by molar-refractivity contribution is -0.144. The molecule has 122 valence electrons. The summed E-state index contributed by atoms with van der Waals surface area (Å²) in [5, 5.41) is 9.91. The number of unbranched alkanes of at least 4 members (excludes halogenated alkanes) is 1. The number of carboxylic acids is 1. The van der Waals surface area contributed by atoms with Gasteiger partial charge in [0.05, 0.1) is 5.41 Å². The van der Waals surface area contributed by atoms with Crippen LogP contribution in [0.25, 0.3) is 0 Å². The summed E-state index contributed by atoms with van der Waals surface area (Å²) >= 11 is 0. The third-order valence-corrected chi connectivity index (χ3v) is 4.20. The molecule has 0 saturated heterocycles. The van der Waals surface area contributed by atoms with E-state index in [1.165, 1.54) is 6.07 Å². The molecule has 2 aromatic carbocycles. The van der Waals surface area contributed by atoms with Crippen LogP contribution in [0.2, 0.25) is 0 Å². The van der Waals surface area contributed by atoms with Gasteiger partial charge in [0.2, 0.25) is 0 Å². The summed E-state index contributed by atoms with van der Waals surface area (Å²) in [5.74, 6) is -2.36. The highest BCUT2D eigenvalue weighted by Gasteiger charge is 2.40. The lowest BCUT2D eigenvalue weighted by Crippen LogP contribution is -2.38. The maximum Gasteiger partial charge on any atom is 0.314 e. The van der Waals surface area contributed by atoms with E-state index in [-0.39, 0.29) is 12.0 Å². The van der Waals surface area contributed by atoms with Crippen molar-refractivity contribution in [3.8, 4) is 0 Å². The van der Waals surface area contributed by atoms with Gasteiger partial charge in [-0.25, -0.2) is 8.78 Å². The Hall–Kier alpha value is -2.23. The van der Waals surface area contributed by atoms with Gasteiger partial charge in [-0.1, -0.05) is 56.2 Å². The minimum Gasteiger partial charge on any atom is -0.481 e. The molecular weight excluding hydrogens is 298 g/mol. The van der Waals surface area contributed by atoms with E-state index in [9.17, 15) is 18.7 Å². The fourth-order valence-electron chi connectivity index (χ4n) is 2.87. The number of hydrogen-bond donors (Lipinski definition) is 1. The lowest BCUT2D eigenvalue weighted by Gasteiger charge is -2.30. The molecule has 0 aromatic heterocycles. The maximum atomic E-state index is 14.0. The van der Waals surface area contributed by atoms with E-state index in [2.05, 4.69) is 0 Å². The van der Waals surface area contributed by atoms with Crippen LogP contribution in [0.3, 0.4) is 0 Å². The molecule has 0 aliphatic heterocycles. The molecule has 2 nitrogen and oxygen atoms in total. The Balaban J connectivity index is 2.49. The first-order valence-corrected chi connectivity index (χ1v) is 7.72. The molecule has 0 aliphatic carbocycles. The second-order valence-electron chi connectivity index (χ2n) is 5.77. The van der Waals surface area contributed by atoms with Gasteiger partial charge < -0.3 is 5.11 Å². The molecule has 1 atom stereocenters. The van der Waals surface area contributed by atoms with Gasteiger partial charge >= 0.3 is 5.97 Å². The van der Waals surface area contributed by atoms with E-state index in [0.29, 0.717) is 18.4 Å². The summed E-state index contributed by atoms with van der Waals surface area (Å²) in [4.78, 5) is 12.1. The molecule has 0 bridgehead atoms. The molecule has 2 rings (SSSR count). The van der Waals surface area contributed by atoms with Crippen LogP contribution in [-0.4, -0.2) is 11.1 Å². The van der Waals surface area contributed by atoms with Gasteiger partial charge in [-0.05, 0) is 30.0 Å². The average Bonchev–Trinajstić information content (AvgIpc) is 2.54. The van der Waals surface area contributed by atoms with Gasteiger partial charge in [0.1, 0.15) is 11.6 Å². The van der Waals surface area contributed by atoms with E-state index >= 15 is 0 Å². The molecule has 0 amide bonds. The summed E-state index contributed by atoms with van der Waals surface area (Å²) < 4.78 is 27.2. The number of rotatable bonds is 7. The van der Waals surface area contributed by atoms with Gasteiger partial charge in [0.25, 0.3) is 0 Å². The molecule has 2 aromatic rings. The fourth-order valence-corrected chi connectivity index (χ4v) is 2.87. The maximum absolute atomic E-state index is 14.0. The third kappa shape index (κ3) is 3.76. The number of halogens is 2. The van der Waals surface area contributed by atoms with E-state index in [1.54, 1.807) is 24.3 Å². The Morgan fingerprint density at radius 3 is 2.39 bits per heavy atom. The molecule has 0 unspecified atom stereocenters. The highest BCUT2D eigenvalue weighted by Crippen LogP contribution is 2.35. The molecule has 4 heteroatoms. The summed E-state index contributed by atoms with van der Waals surface area (Å²) in [6, 6.07) is 12.2. The van der Waals surface area contributed by atoms with Gasteiger partial charge in [-0.3, -0.25) is 4.79 Å². The summed E-state index contributed by atoms with van der Waals surface area (Å²) in [6.07, 6.45) is 1.95. The predicted octanol–water partition coefficient (Wildman–Crippen LogP) is 4.72. The average molecular weight is 318 g/mol. The van der Waals surface area contributed by atoms with Crippen LogP contribution in [0.4, 0.5) is 8.78 Å². The van der Waals surface area contributed by atoms with E-state index in [0.717, 1.165) is 18.6 Å². The molecular formula is C19H20F2O2. The van der Waals surface area contributed by atoms with Crippen molar-refractivity contribution in [3.63, 3.8) is 0 Å². The van der Waals surface area contributed by atoms with Crippen molar-refractivity contribution in [2.24, 2.45) is 0 Å². The number of carbonyl (C=O) groups is 1. The number of carboxylic acid groups (broad SMARTS) is 1. The number of hydrogen-bond acceptors (Lipinski definition) is 1. The van der Waals surface area contributed by atoms with E-state index in [1.807, 2.05) is 13.0 Å². The second kappa shape index (κ2) is 7.36. The topological polar surface area (TPSA) is 37.3 Å². The Morgan fingerprint density at radius 1 is 1.13 bits per heavy atom. The van der Waals surface area contributed by atoms with Crippen molar-refractivity contribution in [2.75, 3.05) is 0 Å². The first kappa shape index (κ1) is 17.1. The quantitative estimate of drug-likeness (QED) is 0.802. The van der Waals surface area contributed by atoms with E-state index in [4.69, 9.17) is 0 Å². The van der Waals surface area contributed by atoms with Crippen LogP contribution in [-0.2, 0) is 16.6 Å². The molecule has 0 saturated carbocycles. The van der Waals surface area contributed by atoms with Crippen molar-refractivity contribution >= 4 is 5.97 Å². The Kier molecular flexibility index (Phi) is 5.48. The van der Waals surface area contributed by atoms with Crippen LogP contribution in [0.1, 0.15) is 37.3 Å². The van der Waals surface area contributed by atoms with Gasteiger partial charge in [-0.15, -0.1) is 0 Å². The molecule has 23 heavy (non-hydrogen) atoms. The van der Waals surface area contributed by atoms with Crippen LogP contribution < -0.4 is 0 Å². The molecule has 0 aliphatic rings. The largest absolute Gasteiger partial charge is 0.481 e. The number of benzene rings is 2. The molecule has 0 heterocycles. The van der Waals surface area contributed by atoms with Crippen molar-refractivity contribution < 1.29 is 18.7 Å². The smallest absolute Gasteiger partial charge is 0.314 e. The third-order valence-electron chi connectivity index (χ3n) is 4.20. The summed E-state index contributed by atoms with van der Waals surface area (Å²) in [6.45, 7) is 1.98. The van der Waals surface area contributed by atoms with Crippen molar-refractivity contribution in [1.82, 2.24) is 0 Å². The standard InChI is InChI=1S/C19H20F2O2/c1-2-3-11-19(18(22)23,15-7-5-4-6-8-15)13-14-9-10-16(20)12-17(14)21/h4-10,12H,2-3,11,13H2,1H3,(H,22,23)/t19-/m1/s1. The zero-order valence-electron chi connectivity index (χ0n) is 13.1. The van der Waals surface area contributed by atoms with Crippen LogP contribution in [0, 0.1) is 11.6 Å². The zero-order chi connectivity index (χ0) is 16.9. The second-order valence-corrected chi connectivity index (χ2v) is 5.77. The molecule has 0 spiro atoms. The lowest BCUT2D eigenvalue weighted by atomic mass is 9.72. The van der Waals surface area contributed by atoms with Crippen LogP contribution in [0.15, 0.2) is 48.5 Å². The van der Waals surface area contributed by atoms with Gasteiger partial charge in [0, 0.05) is 6.07 Å². The number of aliphatic carboxylic acids is 1. The minimum absolute atomic E-state index is 0.00153. The Labute approximate surface area is 134 Å². The van der Waals surface area contributed by atoms with Gasteiger partial charge in [-0.2, -0.15) is 0 Å². The highest BCUT2D eigenvalue weighted by molar-refractivity contribution is 5.82. The first-order chi connectivity index (χ1) is 11.0. The van der Waals surface area contributed by atoms with Gasteiger partial charge in [0.15, 0.2) is 0 Å². The fraction of sp³-hybridized carbons (Fsp3) is 0.316. The van der Waals surface area contributed by atoms with E-state index < -0.39 is 23.0 Å². The normalized spacial score (nSPS) is 13.5. The monoisotopic (exact) mass is 318 g/mol. The van der Waals surface area contributed by atoms with Crippen LogP contribution >= 0.6 is 0 Å². The first-order valence-electron chi connectivity index (χ1n) is 7.72. The van der Waals surface area contributed by atoms with Crippen molar-refractivity contribution in [1.29, 1.82) is 0 Å². The molecule has 0 fully saturated rings. The Bertz CT molecular complexity index is 670. The van der Waals surface area contributed by atoms with Crippen molar-refractivity contribution in [2.45, 2.75) is 38.0 Å². The summed E-state index contributed by atoms with van der Waals surface area (Å²) in [5.41, 5.74) is -0.353. The molecule has 1 N–H and O–H groups in total. The Morgan fingerprint density at radius 2 is 1.83 bits per heavy atom. The zero-order valence-corrected chi connectivity index (χ0v) is 13.1. The van der Waals surface area contributed by atoms with Crippen molar-refractivity contribution in [3.05, 3.63) is 71.3 Å². The summed E-state index contributed by atoms with van der Waals surface area (Å²) in [7, 11) is 0. The molecule has 0 radical (unpaired) electrons. The van der Waals surface area contributed by atoms with Crippen LogP contribution in [0.5, 0.6) is 0 Å². The highest BCUT2D eigenvalue weighted by atomic mass is 19.1. The minimum atomic E-state index is -1.21. The SMILES string of the molecule is CCCC[C@](Cc1ccc(F)cc1F)(C(=O)O)c1ccccc1. The predicted molar refractivity (Wildman–Crippen MR) is 85.3 cm³/mol.